The van der Waals surface area contributed by atoms with Crippen LogP contribution in [0.25, 0.3) is 0 Å². The molecule has 1 saturated carbocycles. The van der Waals surface area contributed by atoms with Crippen molar-refractivity contribution in [3.63, 3.8) is 0 Å². The third kappa shape index (κ3) is 7.66. The predicted octanol–water partition coefficient (Wildman–Crippen LogP) is 4.87. The number of benzene rings is 2. The van der Waals surface area contributed by atoms with E-state index in [0.717, 1.165) is 64.8 Å². The number of halogens is 3. The molecular weight excluding hydrogens is 573 g/mol. The van der Waals surface area contributed by atoms with Crippen LogP contribution in [0, 0.1) is 5.82 Å². The SMILES string of the molecule is C[C@@H](C(=O)NC1CCCCC1)N(Cc1cccc(Br)c1)C(=O)CN(c1ccc(F)c(Cl)c1)S(C)(=O)=O. The molecule has 1 aliphatic carbocycles. The van der Waals surface area contributed by atoms with E-state index in [0.29, 0.717) is 0 Å². The van der Waals surface area contributed by atoms with Gasteiger partial charge in [0.25, 0.3) is 0 Å². The number of anilines is 1. The van der Waals surface area contributed by atoms with Crippen molar-refractivity contribution in [2.75, 3.05) is 17.1 Å². The van der Waals surface area contributed by atoms with Crippen molar-refractivity contribution in [3.05, 3.63) is 63.3 Å². The van der Waals surface area contributed by atoms with Crippen LogP contribution in [0.3, 0.4) is 0 Å². The maximum atomic E-state index is 13.7. The summed E-state index contributed by atoms with van der Waals surface area (Å²) in [5.41, 5.74) is 0.824. The maximum Gasteiger partial charge on any atom is 0.244 e. The molecule has 0 bridgehead atoms. The fraction of sp³-hybridized carbons (Fsp3) is 0.440. The van der Waals surface area contributed by atoms with E-state index in [1.807, 2.05) is 24.3 Å². The van der Waals surface area contributed by atoms with Gasteiger partial charge in [-0.25, -0.2) is 12.8 Å². The van der Waals surface area contributed by atoms with E-state index in [1.165, 1.54) is 11.0 Å². The maximum absolute atomic E-state index is 13.7. The Kier molecular flexibility index (Phi) is 9.77. The minimum atomic E-state index is -3.93. The van der Waals surface area contributed by atoms with Crippen LogP contribution in [-0.4, -0.2) is 50.0 Å². The molecule has 11 heteroatoms. The lowest BCUT2D eigenvalue weighted by atomic mass is 9.95. The molecular formula is C25H30BrClFN3O4S. The molecule has 196 valence electrons. The van der Waals surface area contributed by atoms with Crippen LogP contribution >= 0.6 is 27.5 Å². The predicted molar refractivity (Wildman–Crippen MR) is 143 cm³/mol. The van der Waals surface area contributed by atoms with Gasteiger partial charge in [-0.05, 0) is 55.7 Å². The van der Waals surface area contributed by atoms with Crippen LogP contribution in [0.15, 0.2) is 46.9 Å². The number of hydrogen-bond donors (Lipinski definition) is 1. The molecule has 7 nitrogen and oxygen atoms in total. The van der Waals surface area contributed by atoms with Crippen LogP contribution < -0.4 is 9.62 Å². The van der Waals surface area contributed by atoms with Crippen molar-refractivity contribution in [3.8, 4) is 0 Å². The number of sulfonamides is 1. The van der Waals surface area contributed by atoms with Gasteiger partial charge >= 0.3 is 0 Å². The molecule has 1 fully saturated rings. The van der Waals surface area contributed by atoms with Gasteiger partial charge in [-0.2, -0.15) is 0 Å². The fourth-order valence-electron chi connectivity index (χ4n) is 4.24. The standard InChI is InChI=1S/C25H30BrClFN3O4S/c1-17(25(33)29-20-9-4-3-5-10-20)30(15-18-7-6-8-19(26)13-18)24(32)16-31(36(2,34)35)21-11-12-23(28)22(27)14-21/h6-8,11-14,17,20H,3-5,9-10,15-16H2,1-2H3,(H,29,33)/t17-/m0/s1. The van der Waals surface area contributed by atoms with Crippen LogP contribution in [0.5, 0.6) is 0 Å². The van der Waals surface area contributed by atoms with Gasteiger partial charge < -0.3 is 10.2 Å². The Morgan fingerprint density at radius 2 is 1.86 bits per heavy atom. The van der Waals surface area contributed by atoms with Crippen LogP contribution in [0.1, 0.15) is 44.6 Å². The van der Waals surface area contributed by atoms with Crippen molar-refractivity contribution in [1.82, 2.24) is 10.2 Å². The van der Waals surface area contributed by atoms with E-state index in [1.54, 1.807) is 6.92 Å². The zero-order chi connectivity index (χ0) is 26.5. The summed E-state index contributed by atoms with van der Waals surface area (Å²) >= 11 is 9.28. The van der Waals surface area contributed by atoms with Crippen molar-refractivity contribution >= 4 is 55.1 Å². The second-order valence-electron chi connectivity index (χ2n) is 9.04. The van der Waals surface area contributed by atoms with E-state index in [2.05, 4.69) is 21.2 Å². The lowest BCUT2D eigenvalue weighted by Gasteiger charge is -2.33. The van der Waals surface area contributed by atoms with E-state index < -0.39 is 34.3 Å². The number of nitrogens with one attached hydrogen (secondary N) is 1. The average molecular weight is 603 g/mol. The third-order valence-electron chi connectivity index (χ3n) is 6.23. The zero-order valence-corrected chi connectivity index (χ0v) is 23.4. The Morgan fingerprint density at radius 1 is 1.17 bits per heavy atom. The van der Waals surface area contributed by atoms with Gasteiger partial charge in [0, 0.05) is 17.1 Å². The molecule has 1 atom stereocenters. The smallest absolute Gasteiger partial charge is 0.244 e. The van der Waals surface area contributed by atoms with Gasteiger partial charge in [0.2, 0.25) is 21.8 Å². The molecule has 0 aromatic heterocycles. The molecule has 0 spiro atoms. The van der Waals surface area contributed by atoms with Crippen molar-refractivity contribution in [2.45, 2.75) is 57.7 Å². The second kappa shape index (κ2) is 12.4. The molecule has 2 aromatic rings. The highest BCUT2D eigenvalue weighted by molar-refractivity contribution is 9.10. The molecule has 1 N–H and O–H groups in total. The first kappa shape index (κ1) is 28.4. The van der Waals surface area contributed by atoms with Gasteiger partial charge in [0.05, 0.1) is 17.0 Å². The number of rotatable bonds is 9. The first-order valence-corrected chi connectivity index (χ1v) is 14.7. The highest BCUT2D eigenvalue weighted by Gasteiger charge is 2.31. The van der Waals surface area contributed by atoms with Gasteiger partial charge in [-0.3, -0.25) is 13.9 Å². The Labute approximate surface area is 225 Å². The number of amides is 2. The summed E-state index contributed by atoms with van der Waals surface area (Å²) in [5.74, 6) is -1.57. The summed E-state index contributed by atoms with van der Waals surface area (Å²) in [6, 6.07) is 9.97. The van der Waals surface area contributed by atoms with Crippen LogP contribution in [-0.2, 0) is 26.2 Å². The molecule has 2 aromatic carbocycles. The number of carbonyl (C=O) groups is 2. The van der Waals surface area contributed by atoms with Crippen molar-refractivity contribution in [1.29, 1.82) is 0 Å². The summed E-state index contributed by atoms with van der Waals surface area (Å²) in [4.78, 5) is 28.1. The van der Waals surface area contributed by atoms with Crippen LogP contribution in [0.4, 0.5) is 10.1 Å². The number of hydrogen-bond acceptors (Lipinski definition) is 4. The van der Waals surface area contributed by atoms with E-state index >= 15 is 0 Å². The monoisotopic (exact) mass is 601 g/mol. The van der Waals surface area contributed by atoms with E-state index in [4.69, 9.17) is 11.6 Å². The van der Waals surface area contributed by atoms with E-state index in [-0.39, 0.29) is 29.2 Å². The van der Waals surface area contributed by atoms with Crippen LogP contribution in [0.2, 0.25) is 5.02 Å². The highest BCUT2D eigenvalue weighted by Crippen LogP contribution is 2.25. The lowest BCUT2D eigenvalue weighted by molar-refractivity contribution is -0.139. The van der Waals surface area contributed by atoms with Gasteiger partial charge in [-0.1, -0.05) is 58.9 Å². The topological polar surface area (TPSA) is 86.8 Å². The summed E-state index contributed by atoms with van der Waals surface area (Å²) in [5, 5.41) is 2.78. The number of carbonyl (C=O) groups excluding carboxylic acids is 2. The minimum Gasteiger partial charge on any atom is -0.352 e. The minimum absolute atomic E-state index is 0.0546. The summed E-state index contributed by atoms with van der Waals surface area (Å²) in [6.07, 6.45) is 5.98. The Morgan fingerprint density at radius 3 is 2.47 bits per heavy atom. The van der Waals surface area contributed by atoms with Gasteiger partial charge in [-0.15, -0.1) is 0 Å². The summed E-state index contributed by atoms with van der Waals surface area (Å²) < 4.78 is 40.5. The Balaban J connectivity index is 1.88. The molecule has 36 heavy (non-hydrogen) atoms. The Bertz CT molecular complexity index is 1210. The molecule has 0 saturated heterocycles. The highest BCUT2D eigenvalue weighted by atomic mass is 79.9. The fourth-order valence-corrected chi connectivity index (χ4v) is 5.70. The van der Waals surface area contributed by atoms with Crippen molar-refractivity contribution in [2.24, 2.45) is 0 Å². The molecule has 0 aliphatic heterocycles. The Hall–Kier alpha value is -2.17. The van der Waals surface area contributed by atoms with Gasteiger partial charge in [0.1, 0.15) is 18.4 Å². The molecule has 0 unspecified atom stereocenters. The summed E-state index contributed by atoms with van der Waals surface area (Å²) in [7, 11) is -3.93. The van der Waals surface area contributed by atoms with Crippen molar-refractivity contribution < 1.29 is 22.4 Å². The van der Waals surface area contributed by atoms with Gasteiger partial charge in [0.15, 0.2) is 0 Å². The first-order valence-electron chi connectivity index (χ1n) is 11.7. The average Bonchev–Trinajstić information content (AvgIpc) is 2.82. The van der Waals surface area contributed by atoms with E-state index in [9.17, 15) is 22.4 Å². The molecule has 2 amide bonds. The quantitative estimate of drug-likeness (QED) is 0.444. The molecule has 0 radical (unpaired) electrons. The first-order chi connectivity index (χ1) is 17.0. The lowest BCUT2D eigenvalue weighted by Crippen LogP contribution is -2.52. The zero-order valence-electron chi connectivity index (χ0n) is 20.2. The normalized spacial score (nSPS) is 15.2. The largest absolute Gasteiger partial charge is 0.352 e. The number of nitrogens with zero attached hydrogens (tertiary/aromatic N) is 2. The second-order valence-corrected chi connectivity index (χ2v) is 12.3. The molecule has 0 heterocycles. The third-order valence-corrected chi connectivity index (χ3v) is 8.15. The molecule has 1 aliphatic rings. The molecule has 3 rings (SSSR count). The summed E-state index contributed by atoms with van der Waals surface area (Å²) in [6.45, 7) is 1.16.